The zero-order chi connectivity index (χ0) is 19.2. The third kappa shape index (κ3) is 4.43. The highest BCUT2D eigenvalue weighted by atomic mass is 19.1. The molecule has 0 amide bonds. The van der Waals surface area contributed by atoms with Crippen LogP contribution in [-0.4, -0.2) is 12.1 Å². The number of nitrogens with two attached hydrogens (primary N) is 2. The van der Waals surface area contributed by atoms with Crippen molar-refractivity contribution in [2.75, 3.05) is 18.6 Å². The number of methoxy groups -OCH3 is 1. The zero-order valence-corrected chi connectivity index (χ0v) is 14.9. The molecule has 0 bridgehead atoms. The van der Waals surface area contributed by atoms with E-state index in [1.165, 1.54) is 12.1 Å². The number of furan rings is 1. The van der Waals surface area contributed by atoms with Crippen molar-refractivity contribution in [3.8, 4) is 11.1 Å². The lowest BCUT2D eigenvalue weighted by Crippen LogP contribution is -1.90. The first-order valence-corrected chi connectivity index (χ1v) is 8.29. The maximum Gasteiger partial charge on any atom is 0.139 e. The zero-order valence-electron chi connectivity index (χ0n) is 14.9. The van der Waals surface area contributed by atoms with Crippen LogP contribution in [0.1, 0.15) is 5.56 Å². The van der Waals surface area contributed by atoms with Gasteiger partial charge >= 0.3 is 0 Å². The molecule has 5 nitrogen and oxygen atoms in total. The number of halogens is 1. The van der Waals surface area contributed by atoms with Crippen LogP contribution in [0.25, 0.3) is 22.1 Å². The van der Waals surface area contributed by atoms with E-state index in [0.29, 0.717) is 12.4 Å². The van der Waals surface area contributed by atoms with Crippen LogP contribution in [0.2, 0.25) is 0 Å². The van der Waals surface area contributed by atoms with Gasteiger partial charge in [-0.05, 0) is 41.5 Å². The summed E-state index contributed by atoms with van der Waals surface area (Å²) in [6, 6.07) is 15.6. The molecule has 0 atom stereocenters. The van der Waals surface area contributed by atoms with Gasteiger partial charge in [0.15, 0.2) is 0 Å². The number of anilines is 2. The second-order valence-corrected chi connectivity index (χ2v) is 5.90. The van der Waals surface area contributed by atoms with Gasteiger partial charge in [-0.25, -0.2) is 9.37 Å². The molecule has 4 aromatic rings. The first-order valence-electron chi connectivity index (χ1n) is 8.29. The normalized spacial score (nSPS) is 10.4. The van der Waals surface area contributed by atoms with Crippen molar-refractivity contribution >= 4 is 22.5 Å². The van der Waals surface area contributed by atoms with Crippen LogP contribution < -0.4 is 11.5 Å². The van der Waals surface area contributed by atoms with Crippen LogP contribution in [0, 0.1) is 5.82 Å². The third-order valence-corrected chi connectivity index (χ3v) is 3.96. The Bertz CT molecular complexity index is 1010. The third-order valence-electron chi connectivity index (χ3n) is 3.96. The van der Waals surface area contributed by atoms with Crippen LogP contribution in [0.3, 0.4) is 0 Å². The summed E-state index contributed by atoms with van der Waals surface area (Å²) in [6.07, 6.45) is 3.32. The van der Waals surface area contributed by atoms with Crippen LogP contribution in [0.5, 0.6) is 0 Å². The van der Waals surface area contributed by atoms with E-state index in [9.17, 15) is 4.39 Å². The van der Waals surface area contributed by atoms with Crippen molar-refractivity contribution in [1.82, 2.24) is 4.98 Å². The number of benzene rings is 2. The van der Waals surface area contributed by atoms with Gasteiger partial charge in [-0.1, -0.05) is 24.3 Å². The van der Waals surface area contributed by atoms with Crippen molar-refractivity contribution in [3.63, 3.8) is 0 Å². The maximum absolute atomic E-state index is 12.3. The number of nitrogens with zero attached hydrogens (tertiary/aromatic N) is 1. The van der Waals surface area contributed by atoms with Gasteiger partial charge in [-0.3, -0.25) is 0 Å². The van der Waals surface area contributed by atoms with Gasteiger partial charge in [0.25, 0.3) is 0 Å². The standard InChI is InChI=1S/C13H11N3O.C8H9FO/c14-9-3-1-8(2-4-9)10-7-17-11-5-6-16-13(15)12(10)11;1-10-6-7-2-4-8(9)5-3-7/h1-7H,14H2,(H2,15,16);2-5H,6H2,1H3. The van der Waals surface area contributed by atoms with Crippen LogP contribution in [-0.2, 0) is 11.3 Å². The lowest BCUT2D eigenvalue weighted by Gasteiger charge is -2.00. The van der Waals surface area contributed by atoms with Crippen molar-refractivity contribution in [2.45, 2.75) is 6.61 Å². The Morgan fingerprint density at radius 3 is 2.37 bits per heavy atom. The molecule has 138 valence electrons. The Kier molecular flexibility index (Phi) is 5.68. The summed E-state index contributed by atoms with van der Waals surface area (Å²) in [7, 11) is 1.61. The van der Waals surface area contributed by atoms with Gasteiger partial charge in [0.05, 0.1) is 18.3 Å². The fourth-order valence-electron chi connectivity index (χ4n) is 2.63. The number of nitrogen functional groups attached to an aromatic ring is 2. The van der Waals surface area contributed by atoms with Crippen molar-refractivity contribution in [2.24, 2.45) is 0 Å². The molecule has 0 fully saturated rings. The van der Waals surface area contributed by atoms with Gasteiger partial charge in [-0.15, -0.1) is 0 Å². The molecule has 0 unspecified atom stereocenters. The van der Waals surface area contributed by atoms with E-state index in [-0.39, 0.29) is 5.82 Å². The maximum atomic E-state index is 12.3. The number of hydrogen-bond donors (Lipinski definition) is 2. The minimum atomic E-state index is -0.208. The molecule has 27 heavy (non-hydrogen) atoms. The molecule has 0 aliphatic heterocycles. The molecule has 4 N–H and O–H groups in total. The molecule has 0 saturated carbocycles. The molecule has 0 aliphatic carbocycles. The molecule has 2 aromatic heterocycles. The van der Waals surface area contributed by atoms with Crippen molar-refractivity contribution in [3.05, 3.63) is 78.4 Å². The summed E-state index contributed by atoms with van der Waals surface area (Å²) in [6.45, 7) is 0.542. The lowest BCUT2D eigenvalue weighted by molar-refractivity contribution is 0.185. The highest BCUT2D eigenvalue weighted by molar-refractivity contribution is 6.00. The Hall–Kier alpha value is -3.38. The molecular weight excluding hydrogens is 345 g/mol. The average Bonchev–Trinajstić information content (AvgIpc) is 3.11. The minimum Gasteiger partial charge on any atom is -0.463 e. The lowest BCUT2D eigenvalue weighted by atomic mass is 10.1. The Morgan fingerprint density at radius 1 is 1.00 bits per heavy atom. The van der Waals surface area contributed by atoms with Crippen LogP contribution in [0.4, 0.5) is 15.9 Å². The van der Waals surface area contributed by atoms with E-state index < -0.39 is 0 Å². The summed E-state index contributed by atoms with van der Waals surface area (Å²) in [5.41, 5.74) is 15.9. The number of aromatic nitrogens is 1. The molecule has 2 heterocycles. The topological polar surface area (TPSA) is 87.3 Å². The number of ether oxygens (including phenoxy) is 1. The smallest absolute Gasteiger partial charge is 0.139 e. The highest BCUT2D eigenvalue weighted by Gasteiger charge is 2.11. The van der Waals surface area contributed by atoms with Crippen molar-refractivity contribution in [1.29, 1.82) is 0 Å². The average molecular weight is 365 g/mol. The van der Waals surface area contributed by atoms with Crippen LogP contribution >= 0.6 is 0 Å². The molecule has 0 spiro atoms. The molecule has 4 rings (SSSR count). The summed E-state index contributed by atoms with van der Waals surface area (Å²) in [4.78, 5) is 4.08. The first kappa shape index (κ1) is 18.4. The monoisotopic (exact) mass is 365 g/mol. The van der Waals surface area contributed by atoms with Crippen molar-refractivity contribution < 1.29 is 13.5 Å². The highest BCUT2D eigenvalue weighted by Crippen LogP contribution is 2.33. The Morgan fingerprint density at radius 2 is 1.70 bits per heavy atom. The predicted molar refractivity (Wildman–Crippen MR) is 105 cm³/mol. The Balaban J connectivity index is 0.000000180. The molecule has 0 saturated heterocycles. The number of pyridine rings is 1. The second kappa shape index (κ2) is 8.33. The van der Waals surface area contributed by atoms with Gasteiger partial charge in [0.2, 0.25) is 0 Å². The van der Waals surface area contributed by atoms with E-state index in [2.05, 4.69) is 4.98 Å². The van der Waals surface area contributed by atoms with E-state index in [0.717, 1.165) is 33.3 Å². The summed E-state index contributed by atoms with van der Waals surface area (Å²) in [5.74, 6) is 0.267. The van der Waals surface area contributed by atoms with Crippen LogP contribution in [0.15, 0.2) is 71.5 Å². The van der Waals surface area contributed by atoms with E-state index in [4.69, 9.17) is 20.6 Å². The molecule has 2 aromatic carbocycles. The predicted octanol–water partition coefficient (Wildman–Crippen LogP) is 4.63. The fraction of sp³-hybridized carbons (Fsp3) is 0.0952. The first-order chi connectivity index (χ1) is 13.1. The second-order valence-electron chi connectivity index (χ2n) is 5.90. The summed E-state index contributed by atoms with van der Waals surface area (Å²) >= 11 is 0. The minimum absolute atomic E-state index is 0.208. The molecule has 0 aliphatic rings. The van der Waals surface area contributed by atoms with Gasteiger partial charge in [0, 0.05) is 24.6 Å². The van der Waals surface area contributed by atoms with E-state index in [1.807, 2.05) is 24.3 Å². The largest absolute Gasteiger partial charge is 0.463 e. The molecule has 0 radical (unpaired) electrons. The molecular formula is C21H20FN3O2. The van der Waals surface area contributed by atoms with Gasteiger partial charge < -0.3 is 20.6 Å². The quantitative estimate of drug-likeness (QED) is 0.517. The number of rotatable bonds is 3. The van der Waals surface area contributed by atoms with Gasteiger partial charge in [0.1, 0.15) is 17.2 Å². The number of fused-ring (bicyclic) bond motifs is 1. The van der Waals surface area contributed by atoms with E-state index in [1.54, 1.807) is 37.8 Å². The SMILES string of the molecule is COCc1ccc(F)cc1.Nc1ccc(-c2coc3ccnc(N)c23)cc1. The fourth-order valence-corrected chi connectivity index (χ4v) is 2.63. The number of hydrogen-bond acceptors (Lipinski definition) is 5. The Labute approximate surface area is 156 Å². The van der Waals surface area contributed by atoms with E-state index >= 15 is 0 Å². The summed E-state index contributed by atoms with van der Waals surface area (Å²) < 4.78 is 22.6. The summed E-state index contributed by atoms with van der Waals surface area (Å²) in [5, 5.41) is 0.845. The molecule has 6 heteroatoms. The van der Waals surface area contributed by atoms with Gasteiger partial charge in [-0.2, -0.15) is 0 Å².